The molecule has 2 atom stereocenters. The smallest absolute Gasteiger partial charge is 0.274 e. The quantitative estimate of drug-likeness (QED) is 0.139. The van der Waals surface area contributed by atoms with Gasteiger partial charge in [0.1, 0.15) is 5.69 Å². The summed E-state index contributed by atoms with van der Waals surface area (Å²) >= 11 is 0. The van der Waals surface area contributed by atoms with E-state index in [1.165, 1.54) is 12.1 Å². The molecular weight excluding hydrogens is 556 g/mol. The van der Waals surface area contributed by atoms with Gasteiger partial charge in [-0.1, -0.05) is 84.9 Å². The van der Waals surface area contributed by atoms with Gasteiger partial charge in [-0.3, -0.25) is 24.5 Å². The highest BCUT2D eigenvalue weighted by atomic mass is 16.6. The van der Waals surface area contributed by atoms with E-state index < -0.39 is 39.9 Å². The molecule has 2 bridgehead atoms. The summed E-state index contributed by atoms with van der Waals surface area (Å²) in [6.07, 6.45) is 2.36. The normalized spacial score (nSPS) is 22.9. The van der Waals surface area contributed by atoms with Crippen LogP contribution in [0.15, 0.2) is 102 Å². The highest BCUT2D eigenvalue weighted by Gasteiger charge is 2.68. The molecular formula is C35H28N4O5. The van der Waals surface area contributed by atoms with Crippen LogP contribution < -0.4 is 10.3 Å². The van der Waals surface area contributed by atoms with Crippen molar-refractivity contribution in [2.75, 3.05) is 4.90 Å². The Morgan fingerprint density at radius 1 is 0.932 bits per heavy atom. The number of nitro benzene ring substituents is 1. The van der Waals surface area contributed by atoms with Crippen molar-refractivity contribution in [3.8, 4) is 0 Å². The third-order valence-corrected chi connectivity index (χ3v) is 9.19. The van der Waals surface area contributed by atoms with Crippen LogP contribution in [0.3, 0.4) is 0 Å². The van der Waals surface area contributed by atoms with Crippen LogP contribution in [-0.2, 0) is 26.2 Å². The van der Waals surface area contributed by atoms with E-state index in [9.17, 15) is 24.5 Å². The van der Waals surface area contributed by atoms with Crippen LogP contribution in [0.5, 0.6) is 0 Å². The summed E-state index contributed by atoms with van der Waals surface area (Å²) in [5.41, 5.74) is 6.23. The number of carbonyl (C=O) groups excluding carboxylic acids is 3. The van der Waals surface area contributed by atoms with E-state index in [1.54, 1.807) is 19.2 Å². The predicted octanol–water partition coefficient (Wildman–Crippen LogP) is 5.19. The van der Waals surface area contributed by atoms with Crippen LogP contribution in [0, 0.1) is 28.9 Å². The van der Waals surface area contributed by atoms with Crippen LogP contribution in [0.2, 0.25) is 0 Å². The van der Waals surface area contributed by atoms with Crippen molar-refractivity contribution in [2.45, 2.75) is 31.1 Å². The lowest BCUT2D eigenvalue weighted by Gasteiger charge is -2.52. The van der Waals surface area contributed by atoms with Crippen molar-refractivity contribution >= 4 is 35.3 Å². The number of benzene rings is 4. The lowest BCUT2D eigenvalue weighted by atomic mass is 9.47. The number of nitro groups is 1. The molecule has 9 heteroatoms. The monoisotopic (exact) mass is 584 g/mol. The molecule has 3 aliphatic carbocycles. The fraction of sp³-hybridized carbons (Fsp3) is 0.200. The Morgan fingerprint density at radius 2 is 1.57 bits per heavy atom. The number of nitrogens with one attached hydrogen (secondary N) is 1. The maximum Gasteiger partial charge on any atom is 0.293 e. The van der Waals surface area contributed by atoms with E-state index >= 15 is 0 Å². The molecule has 3 amide bonds. The number of rotatable bonds is 7. The first kappa shape index (κ1) is 27.4. The first-order chi connectivity index (χ1) is 21.3. The van der Waals surface area contributed by atoms with Gasteiger partial charge in [-0.05, 0) is 52.8 Å². The van der Waals surface area contributed by atoms with Gasteiger partial charge in [0.05, 0.1) is 22.2 Å². The highest BCUT2D eigenvalue weighted by Crippen LogP contribution is 2.64. The summed E-state index contributed by atoms with van der Waals surface area (Å²) in [5.74, 6) is -3.44. The number of amides is 3. The molecule has 1 saturated heterocycles. The number of hydrogen-bond donors (Lipinski definition) is 1. The number of imide groups is 1. The van der Waals surface area contributed by atoms with E-state index in [4.69, 9.17) is 0 Å². The molecule has 1 N–H and O–H groups in total. The number of aryl methyl sites for hydroxylation is 2. The first-order valence-corrected chi connectivity index (χ1v) is 14.5. The molecule has 2 unspecified atom stereocenters. The summed E-state index contributed by atoms with van der Waals surface area (Å²) < 4.78 is 0. The zero-order valence-electron chi connectivity index (χ0n) is 23.8. The molecule has 4 aromatic rings. The molecule has 0 saturated carbocycles. The minimum atomic E-state index is -1.19. The Hall–Kier alpha value is -5.44. The van der Waals surface area contributed by atoms with Gasteiger partial charge in [0, 0.05) is 24.6 Å². The third-order valence-electron chi connectivity index (χ3n) is 9.19. The molecule has 4 aromatic carbocycles. The second kappa shape index (κ2) is 10.4. The van der Waals surface area contributed by atoms with Crippen LogP contribution in [0.1, 0.15) is 45.7 Å². The van der Waals surface area contributed by atoms with Crippen molar-refractivity contribution in [1.29, 1.82) is 0 Å². The van der Waals surface area contributed by atoms with E-state index in [2.05, 4.69) is 10.5 Å². The van der Waals surface area contributed by atoms with Gasteiger partial charge in [-0.25, -0.2) is 10.3 Å². The molecule has 1 aliphatic heterocycles. The molecule has 9 nitrogen and oxygen atoms in total. The maximum absolute atomic E-state index is 14.5. The van der Waals surface area contributed by atoms with E-state index in [-0.39, 0.29) is 23.7 Å². The first-order valence-electron chi connectivity index (χ1n) is 14.5. The molecule has 8 rings (SSSR count). The van der Waals surface area contributed by atoms with Crippen molar-refractivity contribution in [3.05, 3.63) is 141 Å². The predicted molar refractivity (Wildman–Crippen MR) is 164 cm³/mol. The Kier molecular flexibility index (Phi) is 6.46. The number of anilines is 1. The molecule has 1 fully saturated rings. The van der Waals surface area contributed by atoms with Crippen LogP contribution in [0.25, 0.3) is 0 Å². The Morgan fingerprint density at radius 3 is 2.23 bits per heavy atom. The van der Waals surface area contributed by atoms with Gasteiger partial charge in [-0.15, -0.1) is 0 Å². The summed E-state index contributed by atoms with van der Waals surface area (Å²) in [7, 11) is 0. The number of carbonyl (C=O) groups is 3. The molecule has 1 heterocycles. The lowest BCUT2D eigenvalue weighted by Crippen LogP contribution is -2.54. The van der Waals surface area contributed by atoms with Crippen molar-refractivity contribution in [1.82, 2.24) is 5.43 Å². The Balaban J connectivity index is 1.34. The molecule has 4 aliphatic rings. The van der Waals surface area contributed by atoms with E-state index in [0.717, 1.165) is 32.7 Å². The van der Waals surface area contributed by atoms with Gasteiger partial charge >= 0.3 is 0 Å². The molecule has 0 aromatic heterocycles. The second-order valence-corrected chi connectivity index (χ2v) is 11.6. The Bertz CT molecular complexity index is 1840. The zero-order valence-corrected chi connectivity index (χ0v) is 23.8. The van der Waals surface area contributed by atoms with Crippen LogP contribution in [0.4, 0.5) is 11.4 Å². The fourth-order valence-electron chi connectivity index (χ4n) is 7.42. The summed E-state index contributed by atoms with van der Waals surface area (Å²) in [6.45, 7) is 1.72. The van der Waals surface area contributed by atoms with E-state index in [1.807, 2.05) is 78.9 Å². The lowest BCUT2D eigenvalue weighted by molar-refractivity contribution is -0.384. The zero-order chi connectivity index (χ0) is 30.6. The van der Waals surface area contributed by atoms with Crippen molar-refractivity contribution < 1.29 is 19.3 Å². The SMILES string of the molecule is Cc1ccc(N2C(=O)C3C4c5ccccc5C(/C=N/NC(=O)CCc5ccccc5)(c5ccccc54)C3C2=O)c([N+](=O)[O-])c1. The average molecular weight is 585 g/mol. The number of hydrogen-bond acceptors (Lipinski definition) is 6. The number of hydrazone groups is 1. The Labute approximate surface area is 253 Å². The van der Waals surface area contributed by atoms with Gasteiger partial charge in [0.25, 0.3) is 5.69 Å². The summed E-state index contributed by atoms with van der Waals surface area (Å²) in [4.78, 5) is 54.2. The van der Waals surface area contributed by atoms with Crippen molar-refractivity contribution in [2.24, 2.45) is 16.9 Å². The number of nitrogens with zero attached hydrogens (tertiary/aromatic N) is 3. The minimum Gasteiger partial charge on any atom is -0.274 e. The average Bonchev–Trinajstić information content (AvgIpc) is 3.31. The largest absolute Gasteiger partial charge is 0.293 e. The van der Waals surface area contributed by atoms with Crippen molar-refractivity contribution in [3.63, 3.8) is 0 Å². The molecule has 44 heavy (non-hydrogen) atoms. The standard InChI is InChI=1S/C35H28N4O5/c1-21-15-17-27(28(19-21)39(43)44)38-33(41)31-30-23-11-5-7-13-25(23)35(32(31)34(38)42,26-14-8-6-12-24(26)30)20-36-37-29(40)18-16-22-9-3-2-4-10-22/h2-15,17,19-20,30-32H,16,18H2,1H3,(H,37,40)/b36-20+. The topological polar surface area (TPSA) is 122 Å². The third kappa shape index (κ3) is 4.00. The van der Waals surface area contributed by atoms with Gasteiger partial charge < -0.3 is 0 Å². The second-order valence-electron chi connectivity index (χ2n) is 11.6. The molecule has 0 spiro atoms. The van der Waals surface area contributed by atoms with E-state index in [0.29, 0.717) is 12.0 Å². The fourth-order valence-corrected chi connectivity index (χ4v) is 7.42. The van der Waals surface area contributed by atoms with Gasteiger partial charge in [0.2, 0.25) is 17.7 Å². The summed E-state index contributed by atoms with van der Waals surface area (Å²) in [5, 5.41) is 16.5. The van der Waals surface area contributed by atoms with Gasteiger partial charge in [-0.2, -0.15) is 5.10 Å². The molecule has 0 radical (unpaired) electrons. The van der Waals surface area contributed by atoms with Crippen LogP contribution in [-0.4, -0.2) is 28.9 Å². The maximum atomic E-state index is 14.5. The summed E-state index contributed by atoms with van der Waals surface area (Å²) in [6, 6.07) is 29.5. The molecule has 218 valence electrons. The minimum absolute atomic E-state index is 0.0428. The van der Waals surface area contributed by atoms with Gasteiger partial charge in [0.15, 0.2) is 0 Å². The highest BCUT2D eigenvalue weighted by molar-refractivity contribution is 6.25. The van der Waals surface area contributed by atoms with Crippen LogP contribution >= 0.6 is 0 Å².